The van der Waals surface area contributed by atoms with Crippen molar-refractivity contribution in [1.29, 1.82) is 0 Å². The molecule has 0 fully saturated rings. The van der Waals surface area contributed by atoms with Gasteiger partial charge in [0.2, 0.25) is 0 Å². The van der Waals surface area contributed by atoms with Crippen LogP contribution in [0.5, 0.6) is 5.75 Å². The maximum atomic E-state index is 11.5. The molecule has 0 spiro atoms. The van der Waals surface area contributed by atoms with E-state index < -0.39 is 0 Å². The first-order valence-electron chi connectivity index (χ1n) is 6.59. The molecule has 0 bridgehead atoms. The molecule has 4 nitrogen and oxygen atoms in total. The lowest BCUT2D eigenvalue weighted by Crippen LogP contribution is -2.27. The number of benzene rings is 1. The molecule has 0 aliphatic rings. The molecule has 0 aromatic heterocycles. The van der Waals surface area contributed by atoms with Crippen LogP contribution < -0.4 is 10.1 Å². The number of carbonyl (C=O) groups is 1. The molecule has 19 heavy (non-hydrogen) atoms. The van der Waals surface area contributed by atoms with Gasteiger partial charge in [0, 0.05) is 20.6 Å². The molecule has 0 aliphatic carbocycles. The molecule has 0 unspecified atom stereocenters. The van der Waals surface area contributed by atoms with E-state index in [1.54, 1.807) is 14.1 Å². The molecule has 0 saturated carbocycles. The largest absolute Gasteiger partial charge is 0.483 e. The van der Waals surface area contributed by atoms with Crippen molar-refractivity contribution in [2.45, 2.75) is 27.3 Å². The first kappa shape index (κ1) is 15.5. The summed E-state index contributed by atoms with van der Waals surface area (Å²) in [5.41, 5.74) is 3.38. The van der Waals surface area contributed by atoms with Crippen LogP contribution in [0.3, 0.4) is 0 Å². The molecule has 0 radical (unpaired) electrons. The van der Waals surface area contributed by atoms with E-state index in [2.05, 4.69) is 24.4 Å². The van der Waals surface area contributed by atoms with Gasteiger partial charge in [-0.05, 0) is 37.1 Å². The third-order valence-corrected chi connectivity index (χ3v) is 2.94. The summed E-state index contributed by atoms with van der Waals surface area (Å²) in [4.78, 5) is 13.1. The highest BCUT2D eigenvalue weighted by atomic mass is 16.5. The van der Waals surface area contributed by atoms with E-state index in [1.807, 2.05) is 13.8 Å². The molecule has 0 atom stereocenters. The summed E-state index contributed by atoms with van der Waals surface area (Å²) in [6.07, 6.45) is 0. The van der Waals surface area contributed by atoms with Crippen molar-refractivity contribution < 1.29 is 9.53 Å². The van der Waals surface area contributed by atoms with Gasteiger partial charge in [-0.1, -0.05) is 19.1 Å². The molecule has 1 N–H and O–H groups in total. The molecule has 0 saturated heterocycles. The summed E-state index contributed by atoms with van der Waals surface area (Å²) < 4.78 is 5.64. The van der Waals surface area contributed by atoms with E-state index in [9.17, 15) is 4.79 Å². The van der Waals surface area contributed by atoms with Gasteiger partial charge < -0.3 is 15.0 Å². The number of nitrogens with one attached hydrogen (secondary N) is 1. The maximum absolute atomic E-state index is 11.5. The van der Waals surface area contributed by atoms with Gasteiger partial charge >= 0.3 is 0 Å². The molecule has 0 heterocycles. The van der Waals surface area contributed by atoms with Crippen molar-refractivity contribution in [1.82, 2.24) is 10.2 Å². The van der Waals surface area contributed by atoms with E-state index in [-0.39, 0.29) is 12.5 Å². The predicted octanol–water partition coefficient (Wildman–Crippen LogP) is 1.88. The predicted molar refractivity (Wildman–Crippen MR) is 77.5 cm³/mol. The number of carbonyl (C=O) groups excluding carboxylic acids is 1. The fourth-order valence-electron chi connectivity index (χ4n) is 1.90. The lowest BCUT2D eigenvalue weighted by atomic mass is 10.1. The Hall–Kier alpha value is -1.55. The number of hydrogen-bond donors (Lipinski definition) is 1. The van der Waals surface area contributed by atoms with E-state index in [1.165, 1.54) is 10.5 Å². The normalized spacial score (nSPS) is 10.4. The van der Waals surface area contributed by atoms with Crippen LogP contribution in [-0.4, -0.2) is 38.1 Å². The SMILES string of the molecule is CCNCc1cc(C)c(OCC(=O)N(C)C)c(C)c1. The minimum Gasteiger partial charge on any atom is -0.483 e. The quantitative estimate of drug-likeness (QED) is 0.853. The topological polar surface area (TPSA) is 41.6 Å². The van der Waals surface area contributed by atoms with Gasteiger partial charge in [-0.25, -0.2) is 0 Å². The Labute approximate surface area is 115 Å². The molecule has 1 aromatic rings. The molecule has 1 amide bonds. The third kappa shape index (κ3) is 4.56. The van der Waals surface area contributed by atoms with Crippen LogP contribution in [0.25, 0.3) is 0 Å². The number of likely N-dealkylation sites (N-methyl/N-ethyl adjacent to an activating group) is 1. The second-order valence-electron chi connectivity index (χ2n) is 4.92. The standard InChI is InChI=1S/C15H24N2O2/c1-6-16-9-13-7-11(2)15(12(3)8-13)19-10-14(18)17(4)5/h7-8,16H,6,9-10H2,1-5H3. The minimum absolute atomic E-state index is 0.0319. The highest BCUT2D eigenvalue weighted by Crippen LogP contribution is 2.24. The Kier molecular flexibility index (Phi) is 5.83. The fourth-order valence-corrected chi connectivity index (χ4v) is 1.90. The average Bonchev–Trinajstić information content (AvgIpc) is 2.34. The minimum atomic E-state index is -0.0319. The summed E-state index contributed by atoms with van der Waals surface area (Å²) in [5.74, 6) is 0.783. The zero-order valence-corrected chi connectivity index (χ0v) is 12.5. The van der Waals surface area contributed by atoms with Crippen LogP contribution >= 0.6 is 0 Å². The summed E-state index contributed by atoms with van der Waals surface area (Å²) in [5, 5.41) is 3.30. The van der Waals surface area contributed by atoms with Gasteiger partial charge in [0.15, 0.2) is 6.61 Å². The van der Waals surface area contributed by atoms with E-state index in [0.717, 1.165) is 30.0 Å². The Morgan fingerprint density at radius 2 is 1.84 bits per heavy atom. The lowest BCUT2D eigenvalue weighted by molar-refractivity contribution is -0.130. The molecular formula is C15H24N2O2. The smallest absolute Gasteiger partial charge is 0.259 e. The molecule has 0 aliphatic heterocycles. The van der Waals surface area contributed by atoms with Crippen LogP contribution in [0.1, 0.15) is 23.6 Å². The van der Waals surface area contributed by atoms with Crippen LogP contribution in [0, 0.1) is 13.8 Å². The van der Waals surface area contributed by atoms with Gasteiger partial charge in [-0.2, -0.15) is 0 Å². The van der Waals surface area contributed by atoms with Gasteiger partial charge in [-0.3, -0.25) is 4.79 Å². The highest BCUT2D eigenvalue weighted by Gasteiger charge is 2.10. The Morgan fingerprint density at radius 1 is 1.26 bits per heavy atom. The molecule has 1 rings (SSSR count). The average molecular weight is 264 g/mol. The van der Waals surface area contributed by atoms with E-state index in [0.29, 0.717) is 0 Å². The van der Waals surface area contributed by atoms with Crippen LogP contribution in [-0.2, 0) is 11.3 Å². The summed E-state index contributed by atoms with van der Waals surface area (Å²) in [6.45, 7) is 8.00. The van der Waals surface area contributed by atoms with E-state index >= 15 is 0 Å². The zero-order chi connectivity index (χ0) is 14.4. The Morgan fingerprint density at radius 3 is 2.32 bits per heavy atom. The Bertz CT molecular complexity index is 419. The van der Waals surface area contributed by atoms with Crippen molar-refractivity contribution in [3.05, 3.63) is 28.8 Å². The van der Waals surface area contributed by atoms with Gasteiger partial charge in [0.05, 0.1) is 0 Å². The van der Waals surface area contributed by atoms with Crippen molar-refractivity contribution in [3.63, 3.8) is 0 Å². The van der Waals surface area contributed by atoms with Crippen LogP contribution in [0.4, 0.5) is 0 Å². The van der Waals surface area contributed by atoms with Crippen molar-refractivity contribution in [3.8, 4) is 5.75 Å². The first-order chi connectivity index (χ1) is 8.95. The molecule has 106 valence electrons. The second kappa shape index (κ2) is 7.14. The van der Waals surface area contributed by atoms with Gasteiger partial charge in [-0.15, -0.1) is 0 Å². The monoisotopic (exact) mass is 264 g/mol. The molecule has 4 heteroatoms. The fraction of sp³-hybridized carbons (Fsp3) is 0.533. The van der Waals surface area contributed by atoms with Crippen molar-refractivity contribution in [2.75, 3.05) is 27.2 Å². The summed E-state index contributed by atoms with van der Waals surface area (Å²) >= 11 is 0. The maximum Gasteiger partial charge on any atom is 0.259 e. The van der Waals surface area contributed by atoms with Crippen LogP contribution in [0.15, 0.2) is 12.1 Å². The second-order valence-corrected chi connectivity index (χ2v) is 4.92. The summed E-state index contributed by atoms with van der Waals surface area (Å²) in [6, 6.07) is 4.20. The van der Waals surface area contributed by atoms with Gasteiger partial charge in [0.1, 0.15) is 5.75 Å². The zero-order valence-electron chi connectivity index (χ0n) is 12.5. The number of nitrogens with zero attached hydrogens (tertiary/aromatic N) is 1. The van der Waals surface area contributed by atoms with Crippen molar-refractivity contribution in [2.24, 2.45) is 0 Å². The van der Waals surface area contributed by atoms with Gasteiger partial charge in [0.25, 0.3) is 5.91 Å². The highest BCUT2D eigenvalue weighted by molar-refractivity contribution is 5.77. The number of amides is 1. The molecule has 1 aromatic carbocycles. The third-order valence-electron chi connectivity index (χ3n) is 2.94. The summed E-state index contributed by atoms with van der Waals surface area (Å²) in [7, 11) is 3.45. The Balaban J connectivity index is 2.76. The number of ether oxygens (including phenoxy) is 1. The van der Waals surface area contributed by atoms with E-state index in [4.69, 9.17) is 4.74 Å². The number of hydrogen-bond acceptors (Lipinski definition) is 3. The van der Waals surface area contributed by atoms with Crippen LogP contribution in [0.2, 0.25) is 0 Å². The number of aryl methyl sites for hydroxylation is 2. The lowest BCUT2D eigenvalue weighted by Gasteiger charge is -2.16. The molecular weight excluding hydrogens is 240 g/mol. The number of rotatable bonds is 6. The first-order valence-corrected chi connectivity index (χ1v) is 6.59. The van der Waals surface area contributed by atoms with Crippen molar-refractivity contribution >= 4 is 5.91 Å².